The van der Waals surface area contributed by atoms with Crippen LogP contribution in [0.3, 0.4) is 0 Å². The standard InChI is InChI=1S/C22H25FN2O3S/c23-18-6-1-17(2-7-18)15-25(20-10-11-20)22(26)14-5-16-3-12-21(13-4-16)29(27,28)24-19-8-9-19/h1-4,6-7,12-13,19-20,24H,5,8-11,14-15H2. The van der Waals surface area contributed by atoms with Crippen LogP contribution >= 0.6 is 0 Å². The molecule has 4 rings (SSSR count). The van der Waals surface area contributed by atoms with E-state index in [2.05, 4.69) is 4.72 Å². The Kier molecular flexibility index (Phi) is 5.69. The molecule has 0 saturated heterocycles. The summed E-state index contributed by atoms with van der Waals surface area (Å²) in [5.41, 5.74) is 1.85. The highest BCUT2D eigenvalue weighted by molar-refractivity contribution is 7.89. The zero-order chi connectivity index (χ0) is 20.4. The van der Waals surface area contributed by atoms with Gasteiger partial charge in [0.15, 0.2) is 0 Å². The summed E-state index contributed by atoms with van der Waals surface area (Å²) in [6.07, 6.45) is 4.73. The van der Waals surface area contributed by atoms with Gasteiger partial charge in [0, 0.05) is 25.0 Å². The fourth-order valence-electron chi connectivity index (χ4n) is 3.31. The van der Waals surface area contributed by atoms with Crippen LogP contribution < -0.4 is 4.72 Å². The number of hydrogen-bond donors (Lipinski definition) is 1. The molecule has 0 aliphatic heterocycles. The number of sulfonamides is 1. The predicted octanol–water partition coefficient (Wildman–Crippen LogP) is 3.39. The van der Waals surface area contributed by atoms with Crippen LogP contribution in [0.4, 0.5) is 4.39 Å². The lowest BCUT2D eigenvalue weighted by molar-refractivity contribution is -0.132. The number of carbonyl (C=O) groups excluding carboxylic acids is 1. The van der Waals surface area contributed by atoms with Crippen molar-refractivity contribution in [1.29, 1.82) is 0 Å². The van der Waals surface area contributed by atoms with Crippen molar-refractivity contribution in [2.75, 3.05) is 0 Å². The van der Waals surface area contributed by atoms with E-state index >= 15 is 0 Å². The van der Waals surface area contributed by atoms with Crippen molar-refractivity contribution < 1.29 is 17.6 Å². The highest BCUT2D eigenvalue weighted by Gasteiger charge is 2.32. The largest absolute Gasteiger partial charge is 0.335 e. The molecule has 0 spiro atoms. The fourth-order valence-corrected chi connectivity index (χ4v) is 4.62. The molecule has 1 amide bonds. The first kappa shape index (κ1) is 20.0. The lowest BCUT2D eigenvalue weighted by Gasteiger charge is -2.22. The summed E-state index contributed by atoms with van der Waals surface area (Å²) in [4.78, 5) is 14.9. The van der Waals surface area contributed by atoms with Crippen molar-refractivity contribution in [2.45, 2.75) is 62.0 Å². The Hall–Kier alpha value is -2.25. The third-order valence-corrected chi connectivity index (χ3v) is 6.87. The van der Waals surface area contributed by atoms with Crippen molar-refractivity contribution in [3.63, 3.8) is 0 Å². The minimum atomic E-state index is -3.45. The maximum Gasteiger partial charge on any atom is 0.240 e. The minimum absolute atomic E-state index is 0.0731. The second-order valence-corrected chi connectivity index (χ2v) is 9.63. The molecule has 0 bridgehead atoms. The molecule has 0 atom stereocenters. The van der Waals surface area contributed by atoms with E-state index in [4.69, 9.17) is 0 Å². The van der Waals surface area contributed by atoms with Crippen molar-refractivity contribution in [3.8, 4) is 0 Å². The first-order chi connectivity index (χ1) is 13.9. The monoisotopic (exact) mass is 416 g/mol. The predicted molar refractivity (Wildman–Crippen MR) is 108 cm³/mol. The van der Waals surface area contributed by atoms with E-state index in [1.807, 2.05) is 4.90 Å². The van der Waals surface area contributed by atoms with Crippen molar-refractivity contribution >= 4 is 15.9 Å². The number of hydrogen-bond acceptors (Lipinski definition) is 3. The number of halogens is 1. The van der Waals surface area contributed by atoms with Crippen LogP contribution in [0.1, 0.15) is 43.2 Å². The number of rotatable bonds is 9. The maximum atomic E-state index is 13.1. The van der Waals surface area contributed by atoms with Crippen LogP contribution in [-0.4, -0.2) is 31.3 Å². The van der Waals surface area contributed by atoms with Crippen LogP contribution in [0.2, 0.25) is 0 Å². The van der Waals surface area contributed by atoms with Gasteiger partial charge < -0.3 is 4.90 Å². The van der Waals surface area contributed by atoms with Gasteiger partial charge in [-0.1, -0.05) is 24.3 Å². The van der Waals surface area contributed by atoms with Crippen LogP contribution in [-0.2, 0) is 27.8 Å². The molecule has 5 nitrogen and oxygen atoms in total. The molecule has 2 aromatic rings. The number of aryl methyl sites for hydroxylation is 1. The van der Waals surface area contributed by atoms with Crippen molar-refractivity contribution in [1.82, 2.24) is 9.62 Å². The lowest BCUT2D eigenvalue weighted by atomic mass is 10.1. The first-order valence-electron chi connectivity index (χ1n) is 10.1. The molecule has 0 unspecified atom stereocenters. The minimum Gasteiger partial charge on any atom is -0.335 e. The molecule has 7 heteroatoms. The normalized spacial score (nSPS) is 16.6. The van der Waals surface area contributed by atoms with Gasteiger partial charge in [0.1, 0.15) is 5.82 Å². The van der Waals surface area contributed by atoms with Gasteiger partial charge >= 0.3 is 0 Å². The van der Waals surface area contributed by atoms with E-state index in [-0.39, 0.29) is 28.7 Å². The number of nitrogens with zero attached hydrogens (tertiary/aromatic N) is 1. The van der Waals surface area contributed by atoms with Gasteiger partial charge in [-0.15, -0.1) is 0 Å². The summed E-state index contributed by atoms with van der Waals surface area (Å²) < 4.78 is 40.2. The summed E-state index contributed by atoms with van der Waals surface area (Å²) in [6, 6.07) is 13.4. The Labute approximate surface area is 171 Å². The van der Waals surface area contributed by atoms with E-state index in [1.54, 1.807) is 36.4 Å². The summed E-state index contributed by atoms with van der Waals surface area (Å²) in [6.45, 7) is 0.494. The molecule has 2 aliphatic carbocycles. The Bertz CT molecular complexity index is 966. The summed E-state index contributed by atoms with van der Waals surface area (Å²) in [5, 5.41) is 0. The maximum absolute atomic E-state index is 13.1. The molecular formula is C22H25FN2O3S. The molecule has 2 aromatic carbocycles. The van der Waals surface area contributed by atoms with Gasteiger partial charge in [0.2, 0.25) is 15.9 Å². The molecule has 154 valence electrons. The summed E-state index contributed by atoms with van der Waals surface area (Å²) in [5.74, 6) is -0.209. The van der Waals surface area contributed by atoms with Crippen molar-refractivity contribution in [3.05, 3.63) is 65.5 Å². The smallest absolute Gasteiger partial charge is 0.240 e. The molecule has 1 N–H and O–H groups in total. The van der Waals surface area contributed by atoms with Crippen LogP contribution in [0, 0.1) is 5.82 Å². The van der Waals surface area contributed by atoms with Gasteiger partial charge in [-0.05, 0) is 67.5 Å². The highest BCUT2D eigenvalue weighted by atomic mass is 32.2. The zero-order valence-corrected chi connectivity index (χ0v) is 17.0. The number of nitrogens with one attached hydrogen (secondary N) is 1. The molecule has 0 heterocycles. The molecule has 2 fully saturated rings. The van der Waals surface area contributed by atoms with E-state index < -0.39 is 10.0 Å². The van der Waals surface area contributed by atoms with E-state index in [1.165, 1.54) is 12.1 Å². The van der Waals surface area contributed by atoms with Crippen LogP contribution in [0.15, 0.2) is 53.4 Å². The van der Waals surface area contributed by atoms with Gasteiger partial charge in [0.05, 0.1) is 4.90 Å². The van der Waals surface area contributed by atoms with Crippen LogP contribution in [0.25, 0.3) is 0 Å². The lowest BCUT2D eigenvalue weighted by Crippen LogP contribution is -2.32. The van der Waals surface area contributed by atoms with Gasteiger partial charge in [0.25, 0.3) is 0 Å². The third-order valence-electron chi connectivity index (χ3n) is 5.33. The molecular weight excluding hydrogens is 391 g/mol. The Morgan fingerprint density at radius 3 is 2.17 bits per heavy atom. The molecule has 0 radical (unpaired) electrons. The second-order valence-electron chi connectivity index (χ2n) is 7.92. The molecule has 29 heavy (non-hydrogen) atoms. The average Bonchev–Trinajstić information content (AvgIpc) is 3.61. The molecule has 2 saturated carbocycles. The Morgan fingerprint density at radius 1 is 0.966 bits per heavy atom. The second kappa shape index (κ2) is 8.24. The summed E-state index contributed by atoms with van der Waals surface area (Å²) >= 11 is 0. The van der Waals surface area contributed by atoms with E-state index in [0.29, 0.717) is 19.4 Å². The topological polar surface area (TPSA) is 66.5 Å². The van der Waals surface area contributed by atoms with Crippen molar-refractivity contribution in [2.24, 2.45) is 0 Å². The van der Waals surface area contributed by atoms with Gasteiger partial charge in [-0.3, -0.25) is 4.79 Å². The van der Waals surface area contributed by atoms with E-state index in [0.717, 1.165) is 36.8 Å². The summed E-state index contributed by atoms with van der Waals surface area (Å²) in [7, 11) is -3.45. The Balaban J connectivity index is 1.34. The first-order valence-corrected chi connectivity index (χ1v) is 11.5. The highest BCUT2D eigenvalue weighted by Crippen LogP contribution is 2.29. The average molecular weight is 417 g/mol. The van der Waals surface area contributed by atoms with Gasteiger partial charge in [-0.2, -0.15) is 0 Å². The number of amides is 1. The molecule has 0 aromatic heterocycles. The number of benzene rings is 2. The molecule has 2 aliphatic rings. The SMILES string of the molecule is O=C(CCc1ccc(S(=O)(=O)NC2CC2)cc1)N(Cc1ccc(F)cc1)C1CC1. The van der Waals surface area contributed by atoms with Gasteiger partial charge in [-0.25, -0.2) is 17.5 Å². The quantitative estimate of drug-likeness (QED) is 0.681. The Morgan fingerprint density at radius 2 is 1.59 bits per heavy atom. The zero-order valence-electron chi connectivity index (χ0n) is 16.2. The third kappa shape index (κ3) is 5.42. The number of carbonyl (C=O) groups is 1. The van der Waals surface area contributed by atoms with Crippen LogP contribution in [0.5, 0.6) is 0 Å². The van der Waals surface area contributed by atoms with E-state index in [9.17, 15) is 17.6 Å². The fraction of sp³-hybridized carbons (Fsp3) is 0.409.